The van der Waals surface area contributed by atoms with Gasteiger partial charge >= 0.3 is 6.18 Å². The Bertz CT molecular complexity index is 598. The number of alkyl halides is 3. The van der Waals surface area contributed by atoms with Crippen molar-refractivity contribution in [3.63, 3.8) is 0 Å². The number of sulfone groups is 1. The quantitative estimate of drug-likeness (QED) is 0.786. The van der Waals surface area contributed by atoms with Crippen LogP contribution in [0.2, 0.25) is 0 Å². The van der Waals surface area contributed by atoms with Crippen molar-refractivity contribution in [3.05, 3.63) is 35.4 Å². The molecule has 0 heterocycles. The van der Waals surface area contributed by atoms with Crippen molar-refractivity contribution in [2.75, 3.05) is 12.0 Å². The Morgan fingerprint density at radius 3 is 2.00 bits per heavy atom. The Morgan fingerprint density at radius 1 is 1.00 bits per heavy atom. The third-order valence-corrected chi connectivity index (χ3v) is 5.70. The monoisotopic (exact) mass is 348 g/mol. The van der Waals surface area contributed by atoms with Crippen molar-refractivity contribution in [2.45, 2.75) is 44.7 Å². The molecule has 0 atom stereocenters. The van der Waals surface area contributed by atoms with Gasteiger partial charge < -0.3 is 0 Å². The molecule has 1 aliphatic rings. The summed E-state index contributed by atoms with van der Waals surface area (Å²) in [6.45, 7) is 0. The summed E-state index contributed by atoms with van der Waals surface area (Å²) in [5.74, 6) is 1.10. The molecule has 0 N–H and O–H groups in total. The van der Waals surface area contributed by atoms with Gasteiger partial charge in [-0.05, 0) is 55.2 Å². The highest BCUT2D eigenvalue weighted by Crippen LogP contribution is 2.33. The number of rotatable bonds is 5. The minimum absolute atomic E-state index is 0.271. The van der Waals surface area contributed by atoms with Gasteiger partial charge in [0.25, 0.3) is 0 Å². The summed E-state index contributed by atoms with van der Waals surface area (Å²) in [6.07, 6.45) is 2.63. The molecule has 1 fully saturated rings. The third-order valence-electron chi connectivity index (χ3n) is 4.63. The topological polar surface area (TPSA) is 34.1 Å². The molecule has 1 saturated carbocycles. The van der Waals surface area contributed by atoms with Crippen LogP contribution in [0.4, 0.5) is 13.2 Å². The van der Waals surface area contributed by atoms with Gasteiger partial charge in [-0.25, -0.2) is 8.42 Å². The summed E-state index contributed by atoms with van der Waals surface area (Å²) in [7, 11) is -2.90. The molecule has 6 heteroatoms. The molecule has 0 bridgehead atoms. The van der Waals surface area contributed by atoms with Crippen LogP contribution in [-0.4, -0.2) is 20.4 Å². The fraction of sp³-hybridized carbons (Fsp3) is 0.647. The molecule has 130 valence electrons. The molecule has 1 aromatic rings. The largest absolute Gasteiger partial charge is 0.416 e. The molecule has 0 spiro atoms. The molecule has 0 amide bonds. The molecule has 23 heavy (non-hydrogen) atoms. The Balaban J connectivity index is 1.77. The first-order valence-electron chi connectivity index (χ1n) is 7.97. The van der Waals surface area contributed by atoms with Crippen LogP contribution in [0.1, 0.15) is 43.2 Å². The molecule has 0 aromatic heterocycles. The van der Waals surface area contributed by atoms with Crippen LogP contribution in [0, 0.1) is 11.8 Å². The van der Waals surface area contributed by atoms with E-state index in [2.05, 4.69) is 0 Å². The second-order valence-corrected chi connectivity index (χ2v) is 8.90. The van der Waals surface area contributed by atoms with Gasteiger partial charge in [0.05, 0.1) is 11.3 Å². The van der Waals surface area contributed by atoms with E-state index in [4.69, 9.17) is 0 Å². The molecule has 0 radical (unpaired) electrons. The van der Waals surface area contributed by atoms with E-state index in [0.717, 1.165) is 56.2 Å². The molecule has 1 aromatic carbocycles. The standard InChI is InChI=1S/C17H23F3O2S/c1-23(21,22)12-15-6-4-13(5-7-15)2-3-14-8-10-16(11-9-14)17(18,19)20/h8-11,13,15H,2-7,12H2,1H3. The predicted octanol–water partition coefficient (Wildman–Crippen LogP) is 4.49. The third kappa shape index (κ3) is 6.16. The molecular weight excluding hydrogens is 325 g/mol. The Labute approximate surface area is 136 Å². The van der Waals surface area contributed by atoms with E-state index >= 15 is 0 Å². The Kier molecular flexibility index (Phi) is 5.76. The average Bonchev–Trinajstić information content (AvgIpc) is 2.44. The van der Waals surface area contributed by atoms with E-state index in [1.165, 1.54) is 6.26 Å². The van der Waals surface area contributed by atoms with Gasteiger partial charge in [0, 0.05) is 6.26 Å². The SMILES string of the molecule is CS(=O)(=O)CC1CCC(CCc2ccc(C(F)(F)F)cc2)CC1. The van der Waals surface area contributed by atoms with Crippen LogP contribution < -0.4 is 0 Å². The highest BCUT2D eigenvalue weighted by molar-refractivity contribution is 7.90. The predicted molar refractivity (Wildman–Crippen MR) is 84.9 cm³/mol. The number of hydrogen-bond donors (Lipinski definition) is 0. The summed E-state index contributed by atoms with van der Waals surface area (Å²) < 4.78 is 60.1. The van der Waals surface area contributed by atoms with Crippen molar-refractivity contribution in [1.29, 1.82) is 0 Å². The summed E-state index contributed by atoms with van der Waals surface area (Å²) >= 11 is 0. The number of benzene rings is 1. The van der Waals surface area contributed by atoms with Gasteiger partial charge in [-0.15, -0.1) is 0 Å². The van der Waals surface area contributed by atoms with E-state index in [9.17, 15) is 21.6 Å². The van der Waals surface area contributed by atoms with Gasteiger partial charge in [-0.1, -0.05) is 25.0 Å². The molecule has 1 aliphatic carbocycles. The second-order valence-electron chi connectivity index (χ2n) is 6.71. The maximum atomic E-state index is 12.5. The van der Waals surface area contributed by atoms with Crippen LogP contribution in [0.25, 0.3) is 0 Å². The smallest absolute Gasteiger partial charge is 0.229 e. The zero-order valence-corrected chi connectivity index (χ0v) is 14.1. The van der Waals surface area contributed by atoms with E-state index in [1.54, 1.807) is 12.1 Å². The average molecular weight is 348 g/mol. The summed E-state index contributed by atoms with van der Waals surface area (Å²) in [5.41, 5.74) is 0.318. The van der Waals surface area contributed by atoms with Crippen LogP contribution in [-0.2, 0) is 22.4 Å². The maximum Gasteiger partial charge on any atom is 0.416 e. The van der Waals surface area contributed by atoms with Gasteiger partial charge in [0.2, 0.25) is 0 Å². The zero-order valence-electron chi connectivity index (χ0n) is 13.3. The molecule has 2 nitrogen and oxygen atoms in total. The van der Waals surface area contributed by atoms with E-state index in [-0.39, 0.29) is 11.7 Å². The highest BCUT2D eigenvalue weighted by Gasteiger charge is 2.30. The van der Waals surface area contributed by atoms with Crippen LogP contribution in [0.15, 0.2) is 24.3 Å². The number of hydrogen-bond acceptors (Lipinski definition) is 2. The molecule has 0 aliphatic heterocycles. The lowest BCUT2D eigenvalue weighted by atomic mass is 9.80. The zero-order chi connectivity index (χ0) is 17.1. The molecule has 0 unspecified atom stereocenters. The highest BCUT2D eigenvalue weighted by atomic mass is 32.2. The van der Waals surface area contributed by atoms with Gasteiger partial charge in [0.15, 0.2) is 0 Å². The van der Waals surface area contributed by atoms with Gasteiger partial charge in [0.1, 0.15) is 9.84 Å². The van der Waals surface area contributed by atoms with Gasteiger partial charge in [-0.2, -0.15) is 13.2 Å². The van der Waals surface area contributed by atoms with Crippen LogP contribution in [0.5, 0.6) is 0 Å². The number of halogens is 3. The van der Waals surface area contributed by atoms with Crippen LogP contribution in [0.3, 0.4) is 0 Å². The minimum atomic E-state index is -4.28. The second kappa shape index (κ2) is 7.24. The van der Waals surface area contributed by atoms with Crippen molar-refractivity contribution in [1.82, 2.24) is 0 Å². The summed E-state index contributed by atoms with van der Waals surface area (Å²) in [4.78, 5) is 0. The lowest BCUT2D eigenvalue weighted by molar-refractivity contribution is -0.137. The first-order chi connectivity index (χ1) is 10.6. The Hall–Kier alpha value is -1.04. The summed E-state index contributed by atoms with van der Waals surface area (Å²) in [6, 6.07) is 5.38. The number of aryl methyl sites for hydroxylation is 1. The van der Waals surface area contributed by atoms with Crippen molar-refractivity contribution < 1.29 is 21.6 Å². The maximum absolute atomic E-state index is 12.5. The van der Waals surface area contributed by atoms with Crippen molar-refractivity contribution in [2.24, 2.45) is 11.8 Å². The lowest BCUT2D eigenvalue weighted by Crippen LogP contribution is -2.21. The first-order valence-corrected chi connectivity index (χ1v) is 10.0. The minimum Gasteiger partial charge on any atom is -0.229 e. The van der Waals surface area contributed by atoms with Crippen molar-refractivity contribution >= 4 is 9.84 Å². The molecule has 0 saturated heterocycles. The normalized spacial score (nSPS) is 23.0. The molecule has 2 rings (SSSR count). The fourth-order valence-electron chi connectivity index (χ4n) is 3.35. The van der Waals surface area contributed by atoms with Crippen molar-refractivity contribution in [3.8, 4) is 0 Å². The van der Waals surface area contributed by atoms with E-state index < -0.39 is 21.6 Å². The van der Waals surface area contributed by atoms with E-state index in [0.29, 0.717) is 5.92 Å². The Morgan fingerprint density at radius 2 is 1.52 bits per heavy atom. The fourth-order valence-corrected chi connectivity index (χ4v) is 4.54. The first kappa shape index (κ1) is 18.3. The van der Waals surface area contributed by atoms with Crippen LogP contribution >= 0.6 is 0 Å². The summed E-state index contributed by atoms with van der Waals surface area (Å²) in [5, 5.41) is 0. The van der Waals surface area contributed by atoms with Gasteiger partial charge in [-0.3, -0.25) is 0 Å². The lowest BCUT2D eigenvalue weighted by Gasteiger charge is -2.28. The molecular formula is C17H23F3O2S. The van der Waals surface area contributed by atoms with E-state index in [1.807, 2.05) is 0 Å².